The molecule has 1 aliphatic carbocycles. The topological polar surface area (TPSA) is 38.7 Å². The minimum atomic E-state index is -0.00412. The minimum Gasteiger partial charge on any atom is -0.360 e. The second kappa shape index (κ2) is 2.83. The van der Waals surface area contributed by atoms with Crippen LogP contribution in [0.15, 0.2) is 29.1 Å². The molecule has 1 aliphatic heterocycles. The molecule has 0 fully saturated rings. The molecule has 0 bridgehead atoms. The van der Waals surface area contributed by atoms with Crippen molar-refractivity contribution >= 4 is 11.5 Å². The Hall–Kier alpha value is -1.38. The molecule has 0 amide bonds. The molecule has 2 rings (SSSR count). The Morgan fingerprint density at radius 3 is 3.08 bits per heavy atom. The Morgan fingerprint density at radius 1 is 1.62 bits per heavy atom. The monoisotopic (exact) mass is 177 g/mol. The molecule has 3 heteroatoms. The van der Waals surface area contributed by atoms with Crippen LogP contribution in [0.5, 0.6) is 0 Å². The van der Waals surface area contributed by atoms with Gasteiger partial charge in [0.05, 0.1) is 5.92 Å². The van der Waals surface area contributed by atoms with Gasteiger partial charge in [-0.3, -0.25) is 4.79 Å². The molecule has 0 aromatic rings. The molecule has 68 valence electrons. The number of ketones is 1. The molecule has 2 aliphatic rings. The first-order chi connectivity index (χ1) is 6.20. The number of Topliss-reactive ketones (excluding diaryl/α,β-unsaturated/α-hetero) is 1. The standard InChI is InChI=1S/C10H11NO2/c1-6-4-3-5-8-9(6)10(7(2)12)11-13-8/h3-6,9H,1-2H3. The van der Waals surface area contributed by atoms with Gasteiger partial charge < -0.3 is 4.84 Å². The summed E-state index contributed by atoms with van der Waals surface area (Å²) in [6.45, 7) is 3.58. The van der Waals surface area contributed by atoms with E-state index in [1.54, 1.807) is 0 Å². The molecule has 0 spiro atoms. The van der Waals surface area contributed by atoms with Gasteiger partial charge >= 0.3 is 0 Å². The van der Waals surface area contributed by atoms with Gasteiger partial charge in [-0.05, 0) is 12.0 Å². The zero-order valence-electron chi connectivity index (χ0n) is 7.65. The first-order valence-electron chi connectivity index (χ1n) is 4.34. The average molecular weight is 177 g/mol. The highest BCUT2D eigenvalue weighted by Gasteiger charge is 2.36. The molecule has 2 atom stereocenters. The van der Waals surface area contributed by atoms with E-state index in [9.17, 15) is 4.79 Å². The van der Waals surface area contributed by atoms with Crippen LogP contribution in [0.25, 0.3) is 0 Å². The Kier molecular flexibility index (Phi) is 1.79. The SMILES string of the molecule is CC(=O)C1=NOC2=CC=CC(C)C21. The maximum Gasteiger partial charge on any atom is 0.178 e. The average Bonchev–Trinajstić information content (AvgIpc) is 2.49. The van der Waals surface area contributed by atoms with E-state index < -0.39 is 0 Å². The number of hydrogen-bond donors (Lipinski definition) is 0. The van der Waals surface area contributed by atoms with E-state index in [1.807, 2.05) is 12.2 Å². The number of fused-ring (bicyclic) bond motifs is 1. The van der Waals surface area contributed by atoms with Crippen LogP contribution in [0.2, 0.25) is 0 Å². The van der Waals surface area contributed by atoms with Crippen LogP contribution in [0.3, 0.4) is 0 Å². The van der Waals surface area contributed by atoms with E-state index in [0.717, 1.165) is 5.76 Å². The minimum absolute atomic E-state index is 0.00412. The summed E-state index contributed by atoms with van der Waals surface area (Å²) in [5.41, 5.74) is 0.545. The zero-order chi connectivity index (χ0) is 9.42. The third-order valence-electron chi connectivity index (χ3n) is 2.41. The van der Waals surface area contributed by atoms with Crippen molar-refractivity contribution in [3.63, 3.8) is 0 Å². The van der Waals surface area contributed by atoms with Gasteiger partial charge in [0.1, 0.15) is 11.5 Å². The van der Waals surface area contributed by atoms with Crippen LogP contribution in [-0.2, 0) is 9.63 Å². The van der Waals surface area contributed by atoms with Gasteiger partial charge in [-0.25, -0.2) is 0 Å². The number of hydrogen-bond acceptors (Lipinski definition) is 3. The van der Waals surface area contributed by atoms with E-state index in [0.29, 0.717) is 11.6 Å². The summed E-state index contributed by atoms with van der Waals surface area (Å²) in [6, 6.07) is 0. The van der Waals surface area contributed by atoms with Crippen molar-refractivity contribution in [2.45, 2.75) is 13.8 Å². The van der Waals surface area contributed by atoms with Gasteiger partial charge in [-0.1, -0.05) is 24.2 Å². The summed E-state index contributed by atoms with van der Waals surface area (Å²) in [7, 11) is 0. The fourth-order valence-electron chi connectivity index (χ4n) is 1.71. The molecular weight excluding hydrogens is 166 g/mol. The highest BCUT2D eigenvalue weighted by atomic mass is 16.6. The van der Waals surface area contributed by atoms with Gasteiger partial charge in [-0.2, -0.15) is 0 Å². The summed E-state index contributed by atoms with van der Waals surface area (Å²) in [5.74, 6) is 1.13. The smallest absolute Gasteiger partial charge is 0.178 e. The molecule has 0 radical (unpaired) electrons. The Balaban J connectivity index is 2.34. The Labute approximate surface area is 76.8 Å². The van der Waals surface area contributed by atoms with Crippen molar-refractivity contribution in [2.24, 2.45) is 17.0 Å². The summed E-state index contributed by atoms with van der Waals surface area (Å²) in [6.07, 6.45) is 5.86. The number of rotatable bonds is 1. The third-order valence-corrected chi connectivity index (χ3v) is 2.41. The lowest BCUT2D eigenvalue weighted by Gasteiger charge is -2.18. The van der Waals surface area contributed by atoms with Gasteiger partial charge in [0.15, 0.2) is 5.78 Å². The van der Waals surface area contributed by atoms with Gasteiger partial charge in [-0.15, -0.1) is 0 Å². The molecule has 3 nitrogen and oxygen atoms in total. The van der Waals surface area contributed by atoms with Crippen LogP contribution < -0.4 is 0 Å². The van der Waals surface area contributed by atoms with Crippen molar-refractivity contribution in [2.75, 3.05) is 0 Å². The Bertz CT molecular complexity index is 339. The predicted molar refractivity (Wildman–Crippen MR) is 49.1 cm³/mol. The molecule has 0 saturated carbocycles. The zero-order valence-corrected chi connectivity index (χ0v) is 7.65. The molecule has 1 heterocycles. The number of oxime groups is 1. The number of carbonyl (C=O) groups excluding carboxylic acids is 1. The maximum absolute atomic E-state index is 11.2. The largest absolute Gasteiger partial charge is 0.360 e. The molecule has 2 unspecified atom stereocenters. The van der Waals surface area contributed by atoms with Gasteiger partial charge in [0, 0.05) is 6.92 Å². The highest BCUT2D eigenvalue weighted by Crippen LogP contribution is 2.33. The fraction of sp³-hybridized carbons (Fsp3) is 0.400. The lowest BCUT2D eigenvalue weighted by atomic mass is 9.84. The van der Waals surface area contributed by atoms with E-state index >= 15 is 0 Å². The lowest BCUT2D eigenvalue weighted by molar-refractivity contribution is -0.111. The van der Waals surface area contributed by atoms with Crippen LogP contribution in [0, 0.1) is 11.8 Å². The summed E-state index contributed by atoms with van der Waals surface area (Å²) < 4.78 is 0. The van der Waals surface area contributed by atoms with Crippen LogP contribution >= 0.6 is 0 Å². The second-order valence-corrected chi connectivity index (χ2v) is 3.41. The quantitative estimate of drug-likeness (QED) is 0.611. The van der Waals surface area contributed by atoms with E-state index in [1.165, 1.54) is 6.92 Å². The molecule has 0 aromatic heterocycles. The van der Waals surface area contributed by atoms with Crippen molar-refractivity contribution in [1.29, 1.82) is 0 Å². The fourth-order valence-corrected chi connectivity index (χ4v) is 1.71. The lowest BCUT2D eigenvalue weighted by Crippen LogP contribution is -2.25. The van der Waals surface area contributed by atoms with Crippen molar-refractivity contribution < 1.29 is 9.63 Å². The number of allylic oxidation sites excluding steroid dienone is 4. The maximum atomic E-state index is 11.2. The predicted octanol–water partition coefficient (Wildman–Crippen LogP) is 1.67. The number of carbonyl (C=O) groups is 1. The van der Waals surface area contributed by atoms with Crippen LogP contribution in [0.1, 0.15) is 13.8 Å². The molecule has 0 saturated heterocycles. The number of nitrogens with zero attached hydrogens (tertiary/aromatic N) is 1. The summed E-state index contributed by atoms with van der Waals surface area (Å²) in [5, 5.41) is 3.79. The summed E-state index contributed by atoms with van der Waals surface area (Å²) in [4.78, 5) is 16.3. The molecule has 13 heavy (non-hydrogen) atoms. The van der Waals surface area contributed by atoms with Gasteiger partial charge in [0.25, 0.3) is 0 Å². The van der Waals surface area contributed by atoms with Crippen molar-refractivity contribution in [3.05, 3.63) is 24.0 Å². The van der Waals surface area contributed by atoms with E-state index in [4.69, 9.17) is 4.84 Å². The first-order valence-corrected chi connectivity index (χ1v) is 4.34. The van der Waals surface area contributed by atoms with Crippen LogP contribution in [0.4, 0.5) is 0 Å². The third kappa shape index (κ3) is 1.20. The Morgan fingerprint density at radius 2 is 2.38 bits per heavy atom. The highest BCUT2D eigenvalue weighted by molar-refractivity contribution is 6.40. The second-order valence-electron chi connectivity index (χ2n) is 3.41. The molecule has 0 N–H and O–H groups in total. The molecule has 0 aromatic carbocycles. The van der Waals surface area contributed by atoms with E-state index in [2.05, 4.69) is 18.2 Å². The summed E-state index contributed by atoms with van der Waals surface area (Å²) >= 11 is 0. The molecular formula is C10H11NO2. The first kappa shape index (κ1) is 8.23. The normalized spacial score (nSPS) is 30.3. The van der Waals surface area contributed by atoms with Crippen molar-refractivity contribution in [1.82, 2.24) is 0 Å². The van der Waals surface area contributed by atoms with Crippen LogP contribution in [-0.4, -0.2) is 11.5 Å². The van der Waals surface area contributed by atoms with Crippen molar-refractivity contribution in [3.8, 4) is 0 Å². The van der Waals surface area contributed by atoms with E-state index in [-0.39, 0.29) is 11.7 Å². The van der Waals surface area contributed by atoms with Gasteiger partial charge in [0.2, 0.25) is 0 Å².